The van der Waals surface area contributed by atoms with E-state index in [1.807, 2.05) is 0 Å². The predicted octanol–water partition coefficient (Wildman–Crippen LogP) is 1.60. The molecule has 0 fully saturated rings. The van der Waals surface area contributed by atoms with Crippen molar-refractivity contribution in [2.75, 3.05) is 5.32 Å². The van der Waals surface area contributed by atoms with E-state index in [1.165, 1.54) is 6.92 Å². The van der Waals surface area contributed by atoms with E-state index in [2.05, 4.69) is 10.3 Å². The zero-order valence-electron chi connectivity index (χ0n) is 7.98. The number of nitrogens with one attached hydrogen (secondary N) is 1. The summed E-state index contributed by atoms with van der Waals surface area (Å²) < 4.78 is 5.22. The highest BCUT2D eigenvalue weighted by Gasteiger charge is 2.06. The minimum Gasteiger partial charge on any atom is -0.423 e. The molecule has 1 N–H and O–H groups in total. The Labute approximate surface area is 85.1 Å². The van der Waals surface area contributed by atoms with Crippen LogP contribution in [-0.4, -0.2) is 17.2 Å². The van der Waals surface area contributed by atoms with Crippen LogP contribution in [0.3, 0.4) is 0 Å². The van der Waals surface area contributed by atoms with Gasteiger partial charge in [-0.05, 0) is 18.2 Å². The van der Waals surface area contributed by atoms with Gasteiger partial charge in [-0.1, -0.05) is 0 Å². The minimum absolute atomic E-state index is 0.139. The molecule has 2 rings (SSSR count). The molecule has 0 radical (unpaired) electrons. The van der Waals surface area contributed by atoms with Crippen molar-refractivity contribution in [3.8, 4) is 0 Å². The van der Waals surface area contributed by atoms with Crippen molar-refractivity contribution in [3.63, 3.8) is 0 Å². The Kier molecular flexibility index (Phi) is 2.21. The first-order valence-electron chi connectivity index (χ1n) is 4.32. The molecule has 0 spiro atoms. The van der Waals surface area contributed by atoms with Crippen LogP contribution in [0, 0.1) is 0 Å². The average molecular weight is 204 g/mol. The number of benzene rings is 1. The number of aldehydes is 1. The summed E-state index contributed by atoms with van der Waals surface area (Å²) in [6, 6.07) is 4.99. The van der Waals surface area contributed by atoms with Crippen molar-refractivity contribution in [1.29, 1.82) is 0 Å². The number of hydrogen-bond acceptors (Lipinski definition) is 4. The lowest BCUT2D eigenvalue weighted by Gasteiger charge is -1.90. The highest BCUT2D eigenvalue weighted by Crippen LogP contribution is 2.19. The lowest BCUT2D eigenvalue weighted by molar-refractivity contribution is -0.114. The number of rotatable bonds is 2. The fraction of sp³-hybridized carbons (Fsp3) is 0.100. The number of fused-ring (bicyclic) bond motifs is 1. The second-order valence-electron chi connectivity index (χ2n) is 3.05. The Balaban J connectivity index is 2.46. The van der Waals surface area contributed by atoms with E-state index < -0.39 is 0 Å². The fourth-order valence-corrected chi connectivity index (χ4v) is 1.22. The summed E-state index contributed by atoms with van der Waals surface area (Å²) in [6.45, 7) is 1.37. The smallest absolute Gasteiger partial charge is 0.302 e. The third kappa shape index (κ3) is 1.85. The molecule has 76 valence electrons. The van der Waals surface area contributed by atoms with Crippen molar-refractivity contribution in [3.05, 3.63) is 23.8 Å². The van der Waals surface area contributed by atoms with Gasteiger partial charge in [-0.3, -0.25) is 14.9 Å². The molecule has 15 heavy (non-hydrogen) atoms. The quantitative estimate of drug-likeness (QED) is 0.754. The molecule has 0 saturated carbocycles. The Morgan fingerprint density at radius 1 is 1.53 bits per heavy atom. The summed E-state index contributed by atoms with van der Waals surface area (Å²) in [4.78, 5) is 25.3. The van der Waals surface area contributed by atoms with Crippen LogP contribution in [0.4, 0.5) is 6.01 Å². The largest absolute Gasteiger partial charge is 0.423 e. The Morgan fingerprint density at radius 3 is 3.00 bits per heavy atom. The van der Waals surface area contributed by atoms with Crippen molar-refractivity contribution in [2.24, 2.45) is 0 Å². The van der Waals surface area contributed by atoms with Gasteiger partial charge in [0.15, 0.2) is 5.58 Å². The van der Waals surface area contributed by atoms with Crippen LogP contribution in [0.25, 0.3) is 11.1 Å². The van der Waals surface area contributed by atoms with E-state index in [9.17, 15) is 9.59 Å². The molecular weight excluding hydrogens is 196 g/mol. The number of amides is 1. The SMILES string of the molecule is CC(=O)Nc1nc2cc(C=O)ccc2o1. The van der Waals surface area contributed by atoms with E-state index >= 15 is 0 Å². The number of carbonyl (C=O) groups excluding carboxylic acids is 2. The second kappa shape index (κ2) is 3.53. The molecule has 0 unspecified atom stereocenters. The summed E-state index contributed by atoms with van der Waals surface area (Å²) in [7, 11) is 0. The van der Waals surface area contributed by atoms with E-state index in [0.29, 0.717) is 16.7 Å². The molecule has 5 heteroatoms. The molecule has 0 atom stereocenters. The Bertz CT molecular complexity index is 530. The summed E-state index contributed by atoms with van der Waals surface area (Å²) in [5.41, 5.74) is 1.60. The third-order valence-electron chi connectivity index (χ3n) is 1.83. The number of oxazole rings is 1. The molecule has 1 aromatic heterocycles. The lowest BCUT2D eigenvalue weighted by atomic mass is 10.2. The van der Waals surface area contributed by atoms with E-state index in [4.69, 9.17) is 4.42 Å². The molecular formula is C10H8N2O3. The molecule has 0 aliphatic heterocycles. The normalized spacial score (nSPS) is 10.2. The maximum absolute atomic E-state index is 10.7. The van der Waals surface area contributed by atoms with Gasteiger partial charge < -0.3 is 4.42 Å². The third-order valence-corrected chi connectivity index (χ3v) is 1.83. The molecule has 0 aliphatic carbocycles. The molecule has 0 aliphatic rings. The van der Waals surface area contributed by atoms with Crippen molar-refractivity contribution < 1.29 is 14.0 Å². The summed E-state index contributed by atoms with van der Waals surface area (Å²) >= 11 is 0. The van der Waals surface area contributed by atoms with Gasteiger partial charge in [0.05, 0.1) is 0 Å². The van der Waals surface area contributed by atoms with Crippen LogP contribution >= 0.6 is 0 Å². The van der Waals surface area contributed by atoms with Crippen LogP contribution in [0.2, 0.25) is 0 Å². The van der Waals surface area contributed by atoms with Gasteiger partial charge in [0.1, 0.15) is 11.8 Å². The summed E-state index contributed by atoms with van der Waals surface area (Å²) in [5.74, 6) is -0.253. The van der Waals surface area contributed by atoms with Crippen molar-refractivity contribution in [2.45, 2.75) is 6.92 Å². The molecule has 1 amide bonds. The topological polar surface area (TPSA) is 72.2 Å². The Hall–Kier alpha value is -2.17. The van der Waals surface area contributed by atoms with Crippen LogP contribution < -0.4 is 5.32 Å². The maximum atomic E-state index is 10.7. The molecule has 0 saturated heterocycles. The number of carbonyl (C=O) groups is 2. The molecule has 1 aromatic carbocycles. The van der Waals surface area contributed by atoms with E-state index in [1.54, 1.807) is 18.2 Å². The van der Waals surface area contributed by atoms with Crippen molar-refractivity contribution in [1.82, 2.24) is 4.98 Å². The monoisotopic (exact) mass is 204 g/mol. The van der Waals surface area contributed by atoms with E-state index in [0.717, 1.165) is 6.29 Å². The van der Waals surface area contributed by atoms with Gasteiger partial charge >= 0.3 is 6.01 Å². The highest BCUT2D eigenvalue weighted by atomic mass is 16.4. The number of aromatic nitrogens is 1. The zero-order chi connectivity index (χ0) is 10.8. The summed E-state index contributed by atoms with van der Waals surface area (Å²) in [6.07, 6.45) is 0.728. The fourth-order valence-electron chi connectivity index (χ4n) is 1.22. The number of nitrogens with zero attached hydrogens (tertiary/aromatic N) is 1. The van der Waals surface area contributed by atoms with Crippen molar-refractivity contribution >= 4 is 29.3 Å². The maximum Gasteiger partial charge on any atom is 0.302 e. The van der Waals surface area contributed by atoms with Gasteiger partial charge in [0.25, 0.3) is 0 Å². The van der Waals surface area contributed by atoms with Gasteiger partial charge in [-0.2, -0.15) is 4.98 Å². The number of anilines is 1. The second-order valence-corrected chi connectivity index (χ2v) is 3.05. The first kappa shape index (κ1) is 9.39. The van der Waals surface area contributed by atoms with Gasteiger partial charge in [0, 0.05) is 12.5 Å². The van der Waals surface area contributed by atoms with Crippen LogP contribution in [0.5, 0.6) is 0 Å². The van der Waals surface area contributed by atoms with Gasteiger partial charge in [-0.25, -0.2) is 0 Å². The zero-order valence-corrected chi connectivity index (χ0v) is 7.98. The standard InChI is InChI=1S/C10H8N2O3/c1-6(14)11-10-12-8-4-7(5-13)2-3-9(8)15-10/h2-5H,1H3,(H,11,12,14). The molecule has 0 bridgehead atoms. The van der Waals surface area contributed by atoms with Gasteiger partial charge in [0.2, 0.25) is 5.91 Å². The predicted molar refractivity (Wildman–Crippen MR) is 53.7 cm³/mol. The van der Waals surface area contributed by atoms with Crippen LogP contribution in [0.15, 0.2) is 22.6 Å². The van der Waals surface area contributed by atoms with E-state index in [-0.39, 0.29) is 11.9 Å². The molecule has 1 heterocycles. The first-order valence-corrected chi connectivity index (χ1v) is 4.32. The highest BCUT2D eigenvalue weighted by molar-refractivity contribution is 5.89. The first-order chi connectivity index (χ1) is 7.19. The van der Waals surface area contributed by atoms with Crippen LogP contribution in [0.1, 0.15) is 17.3 Å². The Morgan fingerprint density at radius 2 is 2.33 bits per heavy atom. The van der Waals surface area contributed by atoms with Gasteiger partial charge in [-0.15, -0.1) is 0 Å². The molecule has 2 aromatic rings. The summed E-state index contributed by atoms with van der Waals surface area (Å²) in [5, 5.41) is 2.43. The van der Waals surface area contributed by atoms with Crippen LogP contribution in [-0.2, 0) is 4.79 Å². The number of hydrogen-bond donors (Lipinski definition) is 1. The average Bonchev–Trinajstić information content (AvgIpc) is 2.57. The lowest BCUT2D eigenvalue weighted by Crippen LogP contribution is -2.05. The molecule has 5 nitrogen and oxygen atoms in total. The minimum atomic E-state index is -0.253.